The van der Waals surface area contributed by atoms with Gasteiger partial charge in [-0.3, -0.25) is 4.79 Å². The highest BCUT2D eigenvalue weighted by atomic mass is 32.2. The van der Waals surface area contributed by atoms with Gasteiger partial charge in [0.15, 0.2) is 5.16 Å². The van der Waals surface area contributed by atoms with Gasteiger partial charge in [-0.25, -0.2) is 14.4 Å². The minimum absolute atomic E-state index is 0.0180. The lowest BCUT2D eigenvalue weighted by Crippen LogP contribution is -2.27. The van der Waals surface area contributed by atoms with E-state index >= 15 is 0 Å². The molecule has 0 atom stereocenters. The Morgan fingerprint density at radius 2 is 1.56 bits per heavy atom. The summed E-state index contributed by atoms with van der Waals surface area (Å²) in [7, 11) is 0. The maximum atomic E-state index is 13.3. The summed E-state index contributed by atoms with van der Waals surface area (Å²) in [6, 6.07) is 6.47. The monoisotopic (exact) mass is 503 g/mol. The maximum absolute atomic E-state index is 13.3. The molecule has 0 aliphatic heterocycles. The van der Waals surface area contributed by atoms with Gasteiger partial charge in [0.25, 0.3) is 5.91 Å². The second-order valence-corrected chi connectivity index (χ2v) is 7.82. The van der Waals surface area contributed by atoms with E-state index in [4.69, 9.17) is 0 Å². The molecule has 0 aliphatic rings. The summed E-state index contributed by atoms with van der Waals surface area (Å²) in [5.41, 5.74) is -2.45. The molecular formula is C22H16F7N3OS. The minimum Gasteiger partial charge on any atom is -0.352 e. The molecule has 1 aromatic heterocycles. The van der Waals surface area contributed by atoms with Crippen LogP contribution in [0, 0.1) is 5.82 Å². The molecule has 3 aromatic rings. The van der Waals surface area contributed by atoms with E-state index in [2.05, 4.69) is 15.3 Å². The predicted molar refractivity (Wildman–Crippen MR) is 112 cm³/mol. The first-order chi connectivity index (χ1) is 15.9. The highest BCUT2D eigenvalue weighted by Crippen LogP contribution is 2.36. The number of halogens is 7. The lowest BCUT2D eigenvalue weighted by atomic mass is 10.0. The molecule has 0 bridgehead atoms. The summed E-state index contributed by atoms with van der Waals surface area (Å²) in [6.07, 6.45) is -7.24. The molecule has 1 N–H and O–H groups in total. The molecule has 12 heteroatoms. The third-order valence-corrected chi connectivity index (χ3v) is 5.22. The summed E-state index contributed by atoms with van der Waals surface area (Å²) < 4.78 is 91.4. The Kier molecular flexibility index (Phi) is 7.49. The van der Waals surface area contributed by atoms with Crippen LogP contribution in [0.25, 0.3) is 11.3 Å². The largest absolute Gasteiger partial charge is 0.416 e. The number of nitrogens with one attached hydrogen (secondary N) is 1. The van der Waals surface area contributed by atoms with Gasteiger partial charge in [0.2, 0.25) is 0 Å². The molecule has 0 spiro atoms. The van der Waals surface area contributed by atoms with Crippen molar-refractivity contribution in [2.24, 2.45) is 0 Å². The highest BCUT2D eigenvalue weighted by molar-refractivity contribution is 7.98. The number of alkyl halides is 6. The van der Waals surface area contributed by atoms with Crippen molar-refractivity contribution in [3.8, 4) is 11.3 Å². The Morgan fingerprint density at radius 1 is 0.971 bits per heavy atom. The van der Waals surface area contributed by atoms with Crippen LogP contribution in [0.3, 0.4) is 0 Å². The fourth-order valence-electron chi connectivity index (χ4n) is 3.04. The van der Waals surface area contributed by atoms with Crippen molar-refractivity contribution >= 4 is 17.7 Å². The van der Waals surface area contributed by atoms with E-state index in [9.17, 15) is 35.5 Å². The summed E-state index contributed by atoms with van der Waals surface area (Å²) in [5, 5.41) is 2.81. The smallest absolute Gasteiger partial charge is 0.352 e. The Morgan fingerprint density at radius 3 is 2.09 bits per heavy atom. The van der Waals surface area contributed by atoms with Gasteiger partial charge in [-0.1, -0.05) is 11.8 Å². The van der Waals surface area contributed by atoms with Crippen molar-refractivity contribution in [1.29, 1.82) is 0 Å². The molecule has 4 nitrogen and oxygen atoms in total. The van der Waals surface area contributed by atoms with Crippen LogP contribution >= 0.6 is 11.8 Å². The average Bonchev–Trinajstić information content (AvgIpc) is 2.77. The van der Waals surface area contributed by atoms with E-state index < -0.39 is 35.2 Å². The maximum Gasteiger partial charge on any atom is 0.416 e. The van der Waals surface area contributed by atoms with E-state index in [-0.39, 0.29) is 35.9 Å². The van der Waals surface area contributed by atoms with Gasteiger partial charge in [-0.05, 0) is 60.7 Å². The lowest BCUT2D eigenvalue weighted by molar-refractivity contribution is -0.143. The van der Waals surface area contributed by atoms with E-state index in [0.717, 1.165) is 0 Å². The van der Waals surface area contributed by atoms with Gasteiger partial charge in [-0.15, -0.1) is 0 Å². The Balaban J connectivity index is 1.81. The number of hydrogen-bond donors (Lipinski definition) is 1. The van der Waals surface area contributed by atoms with Crippen LogP contribution in [0.15, 0.2) is 53.8 Å². The van der Waals surface area contributed by atoms with Crippen molar-refractivity contribution < 1.29 is 35.5 Å². The van der Waals surface area contributed by atoms with Crippen LogP contribution in [0.4, 0.5) is 30.7 Å². The molecule has 0 saturated heterocycles. The quantitative estimate of drug-likeness (QED) is 0.254. The van der Waals surface area contributed by atoms with E-state index in [1.54, 1.807) is 6.26 Å². The normalized spacial score (nSPS) is 12.0. The van der Waals surface area contributed by atoms with Crippen molar-refractivity contribution in [2.45, 2.75) is 23.9 Å². The molecule has 34 heavy (non-hydrogen) atoms. The molecule has 0 aliphatic carbocycles. The summed E-state index contributed by atoms with van der Waals surface area (Å²) in [4.78, 5) is 21.0. The number of amides is 1. The number of carbonyl (C=O) groups is 1. The molecular weight excluding hydrogens is 487 g/mol. The molecule has 3 rings (SSSR count). The molecule has 1 heterocycles. The Hall–Kier alpha value is -3.15. The molecule has 0 unspecified atom stereocenters. The van der Waals surface area contributed by atoms with Crippen LogP contribution in [0.1, 0.15) is 27.0 Å². The lowest BCUT2D eigenvalue weighted by Gasteiger charge is -2.15. The molecule has 0 radical (unpaired) electrons. The van der Waals surface area contributed by atoms with Crippen LogP contribution < -0.4 is 5.32 Å². The van der Waals surface area contributed by atoms with Crippen LogP contribution in [-0.2, 0) is 18.8 Å². The number of thioether (sulfide) groups is 1. The molecule has 2 aromatic carbocycles. The number of carbonyl (C=O) groups excluding carboxylic acids is 1. The number of benzene rings is 2. The van der Waals surface area contributed by atoms with Crippen LogP contribution in [-0.4, -0.2) is 28.7 Å². The molecule has 0 fully saturated rings. The number of hydrogen-bond acceptors (Lipinski definition) is 4. The summed E-state index contributed by atoms with van der Waals surface area (Å²) >= 11 is 1.21. The van der Waals surface area contributed by atoms with Crippen molar-refractivity contribution in [1.82, 2.24) is 15.3 Å². The van der Waals surface area contributed by atoms with E-state index in [1.165, 1.54) is 42.2 Å². The first-order valence-corrected chi connectivity index (χ1v) is 10.8. The minimum atomic E-state index is -4.96. The number of nitrogens with zero attached hydrogens (tertiary/aromatic N) is 2. The van der Waals surface area contributed by atoms with Gasteiger partial charge >= 0.3 is 12.4 Å². The van der Waals surface area contributed by atoms with Gasteiger partial charge in [0.05, 0.1) is 22.4 Å². The zero-order chi connectivity index (χ0) is 25.1. The fourth-order valence-corrected chi connectivity index (χ4v) is 3.38. The van der Waals surface area contributed by atoms with Crippen LogP contribution in [0.2, 0.25) is 0 Å². The third kappa shape index (κ3) is 6.25. The molecule has 0 saturated carbocycles. The zero-order valence-electron chi connectivity index (χ0n) is 17.4. The van der Waals surface area contributed by atoms with Gasteiger partial charge in [0.1, 0.15) is 5.82 Å². The summed E-state index contributed by atoms with van der Waals surface area (Å²) in [5.74, 6) is -1.18. The second-order valence-electron chi connectivity index (χ2n) is 7.05. The van der Waals surface area contributed by atoms with E-state index in [1.807, 2.05) is 0 Å². The van der Waals surface area contributed by atoms with Crippen molar-refractivity contribution in [3.05, 3.63) is 76.7 Å². The SMILES string of the molecule is CSc1ncc(C(=O)NCCc2cc(C(F)(F)F)cc(C(F)(F)F)c2)c(-c2ccc(F)cc2)n1. The first kappa shape index (κ1) is 25.5. The number of aromatic nitrogens is 2. The van der Waals surface area contributed by atoms with Gasteiger partial charge < -0.3 is 5.32 Å². The van der Waals surface area contributed by atoms with Gasteiger partial charge in [0, 0.05) is 18.3 Å². The predicted octanol–water partition coefficient (Wildman–Crippen LogP) is 6.01. The Bertz CT molecular complexity index is 1150. The van der Waals surface area contributed by atoms with E-state index in [0.29, 0.717) is 22.9 Å². The van der Waals surface area contributed by atoms with Crippen LogP contribution in [0.5, 0.6) is 0 Å². The standard InChI is InChI=1S/C22H16F7N3OS/c1-34-20-31-11-17(18(32-20)13-2-4-16(23)5-3-13)19(33)30-7-6-12-8-14(21(24,25)26)10-15(9-12)22(27,28)29/h2-5,8-11H,6-7H2,1H3,(H,30,33). The topological polar surface area (TPSA) is 54.9 Å². The van der Waals surface area contributed by atoms with Crippen molar-refractivity contribution in [2.75, 3.05) is 12.8 Å². The first-order valence-electron chi connectivity index (χ1n) is 9.62. The average molecular weight is 503 g/mol. The molecule has 1 amide bonds. The Labute approximate surface area is 193 Å². The third-order valence-electron chi connectivity index (χ3n) is 4.66. The molecule has 180 valence electrons. The highest BCUT2D eigenvalue weighted by Gasteiger charge is 2.36. The summed E-state index contributed by atoms with van der Waals surface area (Å²) in [6.45, 7) is -0.245. The van der Waals surface area contributed by atoms with Crippen molar-refractivity contribution in [3.63, 3.8) is 0 Å². The van der Waals surface area contributed by atoms with Gasteiger partial charge in [-0.2, -0.15) is 26.3 Å². The zero-order valence-corrected chi connectivity index (χ0v) is 18.2. The fraction of sp³-hybridized carbons (Fsp3) is 0.227. The second kappa shape index (κ2) is 10.00. The number of rotatable bonds is 6.